The number of carbonyl (C=O) groups excluding carboxylic acids is 2. The molecule has 2 fully saturated rings. The Bertz CT molecular complexity index is 556. The van der Waals surface area contributed by atoms with Crippen LogP contribution in [0.5, 0.6) is 0 Å². The quantitative estimate of drug-likeness (QED) is 0.850. The van der Waals surface area contributed by atoms with Gasteiger partial charge in [0, 0.05) is 0 Å². The van der Waals surface area contributed by atoms with Crippen molar-refractivity contribution >= 4 is 17.8 Å². The summed E-state index contributed by atoms with van der Waals surface area (Å²) in [7, 11) is 0. The Morgan fingerprint density at radius 1 is 1.10 bits per heavy atom. The summed E-state index contributed by atoms with van der Waals surface area (Å²) < 4.78 is 0. The molecule has 1 aromatic rings. The standard InChI is InChI=1S/C15H15NO4/c17-13-11-2-1-3-12(11)14(18)16(13)8-9-4-6-10(7-5-9)15(19)20/h4-7,11-12H,1-3,8H2,(H,19,20). The fourth-order valence-corrected chi connectivity index (χ4v) is 3.15. The van der Waals surface area contributed by atoms with E-state index in [0.717, 1.165) is 24.8 Å². The molecule has 1 aliphatic carbocycles. The number of fused-ring (bicyclic) bond motifs is 1. The van der Waals surface area contributed by atoms with E-state index >= 15 is 0 Å². The minimum atomic E-state index is -0.987. The van der Waals surface area contributed by atoms with Crippen molar-refractivity contribution in [1.82, 2.24) is 4.90 Å². The summed E-state index contributed by atoms with van der Waals surface area (Å²) in [5, 5.41) is 8.83. The van der Waals surface area contributed by atoms with Gasteiger partial charge in [-0.15, -0.1) is 0 Å². The largest absolute Gasteiger partial charge is 0.478 e. The summed E-state index contributed by atoms with van der Waals surface area (Å²) in [5.74, 6) is -1.37. The highest BCUT2D eigenvalue weighted by molar-refractivity contribution is 6.05. The first kappa shape index (κ1) is 12.8. The van der Waals surface area contributed by atoms with Gasteiger partial charge in [-0.3, -0.25) is 14.5 Å². The van der Waals surface area contributed by atoms with E-state index in [9.17, 15) is 14.4 Å². The van der Waals surface area contributed by atoms with Gasteiger partial charge in [-0.25, -0.2) is 4.79 Å². The molecule has 2 amide bonds. The molecule has 2 unspecified atom stereocenters. The first-order valence-corrected chi connectivity index (χ1v) is 6.75. The molecule has 104 valence electrons. The van der Waals surface area contributed by atoms with E-state index in [1.54, 1.807) is 12.1 Å². The fraction of sp³-hybridized carbons (Fsp3) is 0.400. The molecular weight excluding hydrogens is 258 g/mol. The second-order valence-corrected chi connectivity index (χ2v) is 5.41. The maximum Gasteiger partial charge on any atom is 0.335 e. The number of carboxylic acid groups (broad SMARTS) is 1. The number of benzene rings is 1. The van der Waals surface area contributed by atoms with Crippen molar-refractivity contribution in [2.75, 3.05) is 0 Å². The second-order valence-electron chi connectivity index (χ2n) is 5.41. The van der Waals surface area contributed by atoms with E-state index < -0.39 is 5.97 Å². The Hall–Kier alpha value is -2.17. The average molecular weight is 273 g/mol. The third-order valence-corrected chi connectivity index (χ3v) is 4.22. The van der Waals surface area contributed by atoms with Crippen molar-refractivity contribution in [3.05, 3.63) is 35.4 Å². The molecule has 5 heteroatoms. The number of imide groups is 1. The van der Waals surface area contributed by atoms with Gasteiger partial charge in [-0.1, -0.05) is 18.6 Å². The maximum absolute atomic E-state index is 12.2. The third kappa shape index (κ3) is 1.99. The maximum atomic E-state index is 12.2. The Kier molecular flexibility index (Phi) is 3.04. The number of rotatable bonds is 3. The Morgan fingerprint density at radius 2 is 1.65 bits per heavy atom. The van der Waals surface area contributed by atoms with Crippen LogP contribution in [0.3, 0.4) is 0 Å². The summed E-state index contributed by atoms with van der Waals surface area (Å²) in [4.78, 5) is 36.5. The van der Waals surface area contributed by atoms with Crippen molar-refractivity contribution in [3.63, 3.8) is 0 Å². The van der Waals surface area contributed by atoms with Crippen LogP contribution < -0.4 is 0 Å². The van der Waals surface area contributed by atoms with Gasteiger partial charge in [0.2, 0.25) is 11.8 Å². The Labute approximate surface area is 116 Å². The van der Waals surface area contributed by atoms with Crippen LogP contribution in [0.4, 0.5) is 0 Å². The highest BCUT2D eigenvalue weighted by Gasteiger charge is 2.49. The van der Waals surface area contributed by atoms with E-state index in [4.69, 9.17) is 5.11 Å². The number of carboxylic acids is 1. The van der Waals surface area contributed by atoms with Crippen molar-refractivity contribution in [3.8, 4) is 0 Å². The first-order chi connectivity index (χ1) is 9.58. The van der Waals surface area contributed by atoms with Gasteiger partial charge < -0.3 is 5.11 Å². The molecule has 2 aliphatic rings. The topological polar surface area (TPSA) is 74.7 Å². The number of hydrogen-bond acceptors (Lipinski definition) is 3. The second kappa shape index (κ2) is 4.74. The van der Waals surface area contributed by atoms with E-state index in [-0.39, 0.29) is 35.8 Å². The van der Waals surface area contributed by atoms with Gasteiger partial charge in [-0.2, -0.15) is 0 Å². The van der Waals surface area contributed by atoms with Gasteiger partial charge in [-0.05, 0) is 30.5 Å². The summed E-state index contributed by atoms with van der Waals surface area (Å²) >= 11 is 0. The van der Waals surface area contributed by atoms with Crippen molar-refractivity contribution in [2.24, 2.45) is 11.8 Å². The van der Waals surface area contributed by atoms with Crippen molar-refractivity contribution < 1.29 is 19.5 Å². The molecule has 0 spiro atoms. The summed E-state index contributed by atoms with van der Waals surface area (Å²) in [6.45, 7) is 0.241. The van der Waals surface area contributed by atoms with Crippen LogP contribution in [0.1, 0.15) is 35.2 Å². The highest BCUT2D eigenvalue weighted by atomic mass is 16.4. The highest BCUT2D eigenvalue weighted by Crippen LogP contribution is 2.40. The van der Waals surface area contributed by atoms with Crippen LogP contribution in [-0.4, -0.2) is 27.8 Å². The number of aromatic carboxylic acids is 1. The third-order valence-electron chi connectivity index (χ3n) is 4.22. The number of hydrogen-bond donors (Lipinski definition) is 1. The molecular formula is C15H15NO4. The zero-order valence-corrected chi connectivity index (χ0v) is 10.9. The lowest BCUT2D eigenvalue weighted by Crippen LogP contribution is -2.31. The average Bonchev–Trinajstić information content (AvgIpc) is 2.99. The van der Waals surface area contributed by atoms with E-state index in [2.05, 4.69) is 0 Å². The number of carbonyl (C=O) groups is 3. The lowest BCUT2D eigenvalue weighted by atomic mass is 10.00. The van der Waals surface area contributed by atoms with E-state index in [0.29, 0.717) is 0 Å². The number of amides is 2. The molecule has 1 aromatic carbocycles. The summed E-state index contributed by atoms with van der Waals surface area (Å²) in [6, 6.07) is 6.28. The molecule has 0 aromatic heterocycles. The van der Waals surface area contributed by atoms with Crippen LogP contribution in [-0.2, 0) is 16.1 Å². The molecule has 0 radical (unpaired) electrons. The number of nitrogens with zero attached hydrogens (tertiary/aromatic N) is 1. The van der Waals surface area contributed by atoms with Crippen LogP contribution in [0.15, 0.2) is 24.3 Å². The molecule has 2 atom stereocenters. The van der Waals surface area contributed by atoms with Gasteiger partial charge in [0.25, 0.3) is 0 Å². The van der Waals surface area contributed by atoms with Crippen molar-refractivity contribution in [1.29, 1.82) is 0 Å². The molecule has 20 heavy (non-hydrogen) atoms. The van der Waals surface area contributed by atoms with Crippen LogP contribution in [0, 0.1) is 11.8 Å². The molecule has 1 saturated heterocycles. The lowest BCUT2D eigenvalue weighted by Gasteiger charge is -2.15. The predicted octanol–water partition coefficient (Wildman–Crippen LogP) is 1.67. The van der Waals surface area contributed by atoms with Crippen LogP contribution in [0.25, 0.3) is 0 Å². The minimum Gasteiger partial charge on any atom is -0.478 e. The summed E-state index contributed by atoms with van der Waals surface area (Å²) in [5.41, 5.74) is 0.973. The van der Waals surface area contributed by atoms with Crippen LogP contribution in [0.2, 0.25) is 0 Å². The molecule has 5 nitrogen and oxygen atoms in total. The molecule has 1 saturated carbocycles. The van der Waals surface area contributed by atoms with Crippen molar-refractivity contribution in [2.45, 2.75) is 25.8 Å². The Morgan fingerprint density at radius 3 is 2.15 bits per heavy atom. The fourth-order valence-electron chi connectivity index (χ4n) is 3.15. The molecule has 1 heterocycles. The van der Waals surface area contributed by atoms with Crippen LogP contribution >= 0.6 is 0 Å². The van der Waals surface area contributed by atoms with Gasteiger partial charge in [0.1, 0.15) is 0 Å². The first-order valence-electron chi connectivity index (χ1n) is 6.75. The molecule has 3 rings (SSSR count). The Balaban J connectivity index is 1.76. The van der Waals surface area contributed by atoms with Gasteiger partial charge >= 0.3 is 5.97 Å². The monoisotopic (exact) mass is 273 g/mol. The molecule has 1 N–H and O–H groups in total. The number of likely N-dealkylation sites (tertiary alicyclic amines) is 1. The SMILES string of the molecule is O=C(O)c1ccc(CN2C(=O)C3CCCC3C2=O)cc1. The van der Waals surface area contributed by atoms with E-state index in [1.807, 2.05) is 0 Å². The van der Waals surface area contributed by atoms with Gasteiger partial charge in [0.05, 0.1) is 23.9 Å². The zero-order chi connectivity index (χ0) is 14.3. The van der Waals surface area contributed by atoms with Gasteiger partial charge in [0.15, 0.2) is 0 Å². The van der Waals surface area contributed by atoms with E-state index in [1.165, 1.54) is 17.0 Å². The normalized spacial score (nSPS) is 25.1. The smallest absolute Gasteiger partial charge is 0.335 e. The molecule has 0 bridgehead atoms. The zero-order valence-electron chi connectivity index (χ0n) is 10.9. The lowest BCUT2D eigenvalue weighted by molar-refractivity contribution is -0.141. The molecule has 1 aliphatic heterocycles. The predicted molar refractivity (Wildman–Crippen MR) is 69.8 cm³/mol. The summed E-state index contributed by atoms with van der Waals surface area (Å²) in [6.07, 6.45) is 2.57. The minimum absolute atomic E-state index is 0.0696.